The van der Waals surface area contributed by atoms with Gasteiger partial charge in [-0.15, -0.1) is 0 Å². The number of benzene rings is 2. The van der Waals surface area contributed by atoms with E-state index < -0.39 is 18.1 Å². The van der Waals surface area contributed by atoms with Crippen LogP contribution in [0.3, 0.4) is 0 Å². The minimum Gasteiger partial charge on any atom is -0.492 e. The lowest BCUT2D eigenvalue weighted by Crippen LogP contribution is -2.41. The highest BCUT2D eigenvalue weighted by molar-refractivity contribution is 6.30. The van der Waals surface area contributed by atoms with Gasteiger partial charge in [0, 0.05) is 5.02 Å². The van der Waals surface area contributed by atoms with Crippen LogP contribution in [0.4, 0.5) is 4.79 Å². The van der Waals surface area contributed by atoms with E-state index in [-0.39, 0.29) is 19.0 Å². The Balaban J connectivity index is 1.94. The molecule has 2 aromatic rings. The van der Waals surface area contributed by atoms with Crippen LogP contribution in [0.1, 0.15) is 28.9 Å². The molecule has 2 atom stereocenters. The number of Topliss-reactive ketones (excluding diaryl/α,β-unsaturated/α-hetero) is 1. The second-order valence-corrected chi connectivity index (χ2v) is 6.11. The normalized spacial score (nSPS) is 17.2. The second kappa shape index (κ2) is 7.57. The van der Waals surface area contributed by atoms with Crippen molar-refractivity contribution < 1.29 is 19.1 Å². The van der Waals surface area contributed by atoms with E-state index >= 15 is 0 Å². The van der Waals surface area contributed by atoms with Crippen LogP contribution >= 0.6 is 11.6 Å². The summed E-state index contributed by atoms with van der Waals surface area (Å²) in [5.74, 6) is -0.0916. The number of amides is 1. The number of ketones is 1. The van der Waals surface area contributed by atoms with E-state index in [2.05, 4.69) is 5.32 Å². The molecule has 0 aliphatic carbocycles. The van der Waals surface area contributed by atoms with Gasteiger partial charge in [0.2, 0.25) is 0 Å². The molecule has 0 spiro atoms. The number of rotatable bonds is 4. The van der Waals surface area contributed by atoms with Gasteiger partial charge in [-0.25, -0.2) is 4.79 Å². The molecule has 1 aliphatic rings. The molecule has 0 radical (unpaired) electrons. The predicted molar refractivity (Wildman–Crippen MR) is 94.1 cm³/mol. The van der Waals surface area contributed by atoms with Crippen molar-refractivity contribution in [3.8, 4) is 5.75 Å². The summed E-state index contributed by atoms with van der Waals surface area (Å²) in [5.41, 5.74) is 1.23. The molecule has 1 aliphatic heterocycles. The first-order valence-corrected chi connectivity index (χ1v) is 8.42. The lowest BCUT2D eigenvalue weighted by atomic mass is 9.85. The average Bonchev–Trinajstić information content (AvgIpc) is 2.61. The van der Waals surface area contributed by atoms with Crippen molar-refractivity contribution in [1.82, 2.24) is 5.32 Å². The molecule has 1 amide bonds. The van der Waals surface area contributed by atoms with Gasteiger partial charge in [-0.1, -0.05) is 35.9 Å². The topological polar surface area (TPSA) is 64.6 Å². The molecule has 0 aromatic heterocycles. The first-order chi connectivity index (χ1) is 12.1. The molecule has 2 aromatic carbocycles. The maximum atomic E-state index is 13.0. The number of carbonyl (C=O) groups is 2. The molecular weight excluding hydrogens is 342 g/mol. The Hall–Kier alpha value is -2.53. The quantitative estimate of drug-likeness (QED) is 0.895. The summed E-state index contributed by atoms with van der Waals surface area (Å²) in [7, 11) is 0. The number of ether oxygens (including phenoxy) is 2. The van der Waals surface area contributed by atoms with Gasteiger partial charge in [0.05, 0.1) is 24.1 Å². The molecule has 25 heavy (non-hydrogen) atoms. The first-order valence-electron chi connectivity index (χ1n) is 8.05. The Morgan fingerprint density at radius 1 is 1.32 bits per heavy atom. The SMILES string of the molecule is CCOC(=O)N[C@H](c1cccc(Cl)c1)[C@@H]1COc2ccccc2C1=O. The number of alkyl carbamates (subject to hydrolysis) is 1. The smallest absolute Gasteiger partial charge is 0.407 e. The van der Waals surface area contributed by atoms with Crippen molar-refractivity contribution in [2.24, 2.45) is 5.92 Å². The number of carbonyl (C=O) groups excluding carboxylic acids is 2. The van der Waals surface area contributed by atoms with Crippen LogP contribution in [0.2, 0.25) is 5.02 Å². The van der Waals surface area contributed by atoms with Gasteiger partial charge >= 0.3 is 6.09 Å². The summed E-state index contributed by atoms with van der Waals surface area (Å²) in [4.78, 5) is 24.9. The molecule has 130 valence electrons. The third kappa shape index (κ3) is 3.77. The van der Waals surface area contributed by atoms with Crippen LogP contribution in [-0.4, -0.2) is 25.1 Å². The van der Waals surface area contributed by atoms with Crippen LogP contribution in [0.25, 0.3) is 0 Å². The fraction of sp³-hybridized carbons (Fsp3) is 0.263. The summed E-state index contributed by atoms with van der Waals surface area (Å²) in [6, 6.07) is 13.6. The third-order valence-corrected chi connectivity index (χ3v) is 4.30. The zero-order valence-electron chi connectivity index (χ0n) is 13.7. The minimum absolute atomic E-state index is 0.0800. The zero-order valence-corrected chi connectivity index (χ0v) is 14.5. The largest absolute Gasteiger partial charge is 0.492 e. The fourth-order valence-corrected chi connectivity index (χ4v) is 3.11. The second-order valence-electron chi connectivity index (χ2n) is 5.68. The highest BCUT2D eigenvalue weighted by Crippen LogP contribution is 2.34. The molecule has 1 heterocycles. The van der Waals surface area contributed by atoms with Gasteiger partial charge < -0.3 is 14.8 Å². The minimum atomic E-state index is -0.599. The number of nitrogens with one attached hydrogen (secondary N) is 1. The van der Waals surface area contributed by atoms with Crippen LogP contribution in [0.15, 0.2) is 48.5 Å². The molecule has 3 rings (SSSR count). The van der Waals surface area contributed by atoms with E-state index in [9.17, 15) is 9.59 Å². The first kappa shape index (κ1) is 17.3. The molecule has 0 bridgehead atoms. The Morgan fingerprint density at radius 3 is 2.88 bits per heavy atom. The monoisotopic (exact) mass is 359 g/mol. The van der Waals surface area contributed by atoms with Crippen molar-refractivity contribution in [3.63, 3.8) is 0 Å². The number of halogens is 1. The summed E-state index contributed by atoms with van der Waals surface area (Å²) in [6.45, 7) is 2.13. The van der Waals surface area contributed by atoms with Gasteiger partial charge in [-0.2, -0.15) is 0 Å². The lowest BCUT2D eigenvalue weighted by Gasteiger charge is -2.31. The highest BCUT2D eigenvalue weighted by Gasteiger charge is 2.37. The van der Waals surface area contributed by atoms with Crippen LogP contribution < -0.4 is 10.1 Å². The van der Waals surface area contributed by atoms with Crippen molar-refractivity contribution in [3.05, 3.63) is 64.7 Å². The van der Waals surface area contributed by atoms with E-state index in [4.69, 9.17) is 21.1 Å². The molecule has 0 saturated carbocycles. The molecular formula is C19H18ClNO4. The maximum absolute atomic E-state index is 13.0. The van der Waals surface area contributed by atoms with Crippen molar-refractivity contribution >= 4 is 23.5 Å². The summed E-state index contributed by atoms with van der Waals surface area (Å²) in [6.07, 6.45) is -0.584. The Kier molecular flexibility index (Phi) is 5.24. The van der Waals surface area contributed by atoms with Gasteiger partial charge in [0.25, 0.3) is 0 Å². The van der Waals surface area contributed by atoms with E-state index in [0.717, 1.165) is 5.56 Å². The third-order valence-electron chi connectivity index (χ3n) is 4.07. The fourth-order valence-electron chi connectivity index (χ4n) is 2.91. The Labute approximate surface area is 150 Å². The summed E-state index contributed by atoms with van der Waals surface area (Å²) in [5, 5.41) is 3.30. The van der Waals surface area contributed by atoms with Crippen LogP contribution in [-0.2, 0) is 4.74 Å². The molecule has 5 nitrogen and oxygen atoms in total. The van der Waals surface area contributed by atoms with Crippen molar-refractivity contribution in [2.75, 3.05) is 13.2 Å². The van der Waals surface area contributed by atoms with Crippen molar-refractivity contribution in [1.29, 1.82) is 0 Å². The molecule has 0 unspecified atom stereocenters. The molecule has 0 saturated heterocycles. The van der Waals surface area contributed by atoms with Gasteiger partial charge in [-0.05, 0) is 36.8 Å². The van der Waals surface area contributed by atoms with E-state index in [1.54, 1.807) is 43.3 Å². The summed E-state index contributed by atoms with van der Waals surface area (Å²) < 4.78 is 10.7. The Morgan fingerprint density at radius 2 is 2.12 bits per heavy atom. The van der Waals surface area contributed by atoms with Crippen molar-refractivity contribution in [2.45, 2.75) is 13.0 Å². The van der Waals surface area contributed by atoms with E-state index in [0.29, 0.717) is 16.3 Å². The number of fused-ring (bicyclic) bond motifs is 1. The molecule has 1 N–H and O–H groups in total. The van der Waals surface area contributed by atoms with Gasteiger partial charge in [0.1, 0.15) is 12.4 Å². The summed E-state index contributed by atoms with van der Waals surface area (Å²) >= 11 is 6.08. The number of hydrogen-bond donors (Lipinski definition) is 1. The van der Waals surface area contributed by atoms with Crippen LogP contribution in [0, 0.1) is 5.92 Å². The lowest BCUT2D eigenvalue weighted by molar-refractivity contribution is 0.0770. The standard InChI is InChI=1S/C19H18ClNO4/c1-2-24-19(23)21-17(12-6-5-7-13(20)10-12)15-11-25-16-9-4-3-8-14(16)18(15)22/h3-10,15,17H,2,11H2,1H3,(H,21,23)/t15-,17+/m0/s1. The number of para-hydroxylation sites is 1. The predicted octanol–water partition coefficient (Wildman–Crippen LogP) is 4.02. The highest BCUT2D eigenvalue weighted by atomic mass is 35.5. The molecule has 6 heteroatoms. The number of hydrogen-bond acceptors (Lipinski definition) is 4. The zero-order chi connectivity index (χ0) is 17.8. The van der Waals surface area contributed by atoms with Crippen LogP contribution in [0.5, 0.6) is 5.75 Å². The van der Waals surface area contributed by atoms with Gasteiger partial charge in [0.15, 0.2) is 5.78 Å². The van der Waals surface area contributed by atoms with E-state index in [1.165, 1.54) is 0 Å². The molecule has 0 fully saturated rings. The average molecular weight is 360 g/mol. The van der Waals surface area contributed by atoms with E-state index in [1.807, 2.05) is 12.1 Å². The Bertz CT molecular complexity index is 792. The van der Waals surface area contributed by atoms with Gasteiger partial charge in [-0.3, -0.25) is 4.79 Å². The maximum Gasteiger partial charge on any atom is 0.407 e.